The van der Waals surface area contributed by atoms with Crippen molar-refractivity contribution in [1.82, 2.24) is 4.90 Å². The first-order valence-corrected chi connectivity index (χ1v) is 11.8. The molecule has 3 aromatic carbocycles. The number of methoxy groups -OCH3 is 2. The molecule has 0 aliphatic carbocycles. The number of fused-ring (bicyclic) bond motifs is 2. The maximum atomic E-state index is 13.7. The van der Waals surface area contributed by atoms with Crippen molar-refractivity contribution in [1.29, 1.82) is 0 Å². The molecule has 36 heavy (non-hydrogen) atoms. The second-order valence-corrected chi connectivity index (χ2v) is 8.79. The van der Waals surface area contributed by atoms with Crippen LogP contribution in [-0.2, 0) is 6.42 Å². The third-order valence-electron chi connectivity index (χ3n) is 6.38. The van der Waals surface area contributed by atoms with Crippen LogP contribution in [0.2, 0.25) is 5.02 Å². The highest BCUT2D eigenvalue weighted by molar-refractivity contribution is 6.33. The molecule has 0 N–H and O–H groups in total. The number of carbonyl (C=O) groups is 1. The van der Waals surface area contributed by atoms with Gasteiger partial charge in [-0.3, -0.25) is 4.79 Å². The summed E-state index contributed by atoms with van der Waals surface area (Å²) in [4.78, 5) is 27.6. The topological polar surface area (TPSA) is 78.2 Å². The number of benzene rings is 3. The van der Waals surface area contributed by atoms with Gasteiger partial charge in [0.15, 0.2) is 11.5 Å². The van der Waals surface area contributed by atoms with Gasteiger partial charge in [-0.05, 0) is 53.9 Å². The molecule has 1 aliphatic rings. The molecule has 5 rings (SSSR count). The van der Waals surface area contributed by atoms with Crippen LogP contribution in [-0.4, -0.2) is 38.2 Å². The number of amides is 1. The Morgan fingerprint density at radius 2 is 1.72 bits per heavy atom. The minimum atomic E-state index is -0.511. The zero-order valence-electron chi connectivity index (χ0n) is 19.8. The van der Waals surface area contributed by atoms with Gasteiger partial charge in [-0.15, -0.1) is 0 Å². The summed E-state index contributed by atoms with van der Waals surface area (Å²) < 4.78 is 22.5. The molecular weight excluding hydrogens is 482 g/mol. The monoisotopic (exact) mass is 505 g/mol. The van der Waals surface area contributed by atoms with Gasteiger partial charge in [-0.2, -0.15) is 0 Å². The fourth-order valence-electron chi connectivity index (χ4n) is 4.61. The number of rotatable bonds is 6. The van der Waals surface area contributed by atoms with Gasteiger partial charge in [0.25, 0.3) is 5.91 Å². The van der Waals surface area contributed by atoms with Gasteiger partial charge in [-0.1, -0.05) is 35.9 Å². The van der Waals surface area contributed by atoms with E-state index in [2.05, 4.69) is 0 Å². The Labute approximate surface area is 212 Å². The molecule has 1 unspecified atom stereocenters. The Kier molecular flexibility index (Phi) is 6.57. The van der Waals surface area contributed by atoms with Crippen molar-refractivity contribution >= 4 is 28.5 Å². The van der Waals surface area contributed by atoms with E-state index >= 15 is 0 Å². The third-order valence-corrected chi connectivity index (χ3v) is 6.71. The minimum absolute atomic E-state index is 0.103. The van der Waals surface area contributed by atoms with Crippen LogP contribution < -0.4 is 19.8 Å². The molecule has 0 fully saturated rings. The Bertz CT molecular complexity index is 1500. The van der Waals surface area contributed by atoms with Gasteiger partial charge in [0.05, 0.1) is 42.3 Å². The van der Waals surface area contributed by atoms with Crippen molar-refractivity contribution in [2.45, 2.75) is 12.5 Å². The van der Waals surface area contributed by atoms with Crippen molar-refractivity contribution in [3.05, 3.63) is 98.9 Å². The first-order valence-electron chi connectivity index (χ1n) is 11.5. The second-order valence-electron chi connectivity index (χ2n) is 8.39. The third kappa shape index (κ3) is 4.38. The number of hydrogen-bond donors (Lipinski definition) is 0. The summed E-state index contributed by atoms with van der Waals surface area (Å²) in [6.07, 6.45) is 0.625. The largest absolute Gasteiger partial charge is 0.493 e. The summed E-state index contributed by atoms with van der Waals surface area (Å²) in [5.74, 6) is 1.36. The molecular formula is C28H24ClNO6. The van der Waals surface area contributed by atoms with Gasteiger partial charge in [-0.25, -0.2) is 4.79 Å². The standard InChI is InChI=1S/C28H24ClNO6/c1-33-25-13-17-11-12-30(28(32)18-7-3-5-9-21(18)29)22(20(17)14-26(25)34-2)16-35-24-15-27(31)36-23-10-6-4-8-19(23)24/h3-10,13-15,22H,11-12,16H2,1-2H3. The fraction of sp³-hybridized carbons (Fsp3) is 0.214. The van der Waals surface area contributed by atoms with E-state index in [1.165, 1.54) is 6.07 Å². The molecule has 1 aliphatic heterocycles. The van der Waals surface area contributed by atoms with Gasteiger partial charge < -0.3 is 23.5 Å². The SMILES string of the molecule is COc1cc2c(cc1OC)C(COc1cc(=O)oc3ccccc13)N(C(=O)c1ccccc1Cl)CC2. The summed E-state index contributed by atoms with van der Waals surface area (Å²) in [6, 6.07) is 18.8. The van der Waals surface area contributed by atoms with Gasteiger partial charge >= 0.3 is 5.63 Å². The van der Waals surface area contributed by atoms with Crippen molar-refractivity contribution in [2.24, 2.45) is 0 Å². The van der Waals surface area contributed by atoms with E-state index in [4.69, 9.17) is 30.2 Å². The molecule has 0 bridgehead atoms. The number of carbonyl (C=O) groups excluding carboxylic acids is 1. The normalized spacial score (nSPS) is 14.9. The molecule has 0 saturated heterocycles. The zero-order chi connectivity index (χ0) is 25.2. The molecule has 0 spiro atoms. The van der Waals surface area contributed by atoms with Gasteiger partial charge in [0, 0.05) is 6.54 Å². The Hall–Kier alpha value is -3.97. The van der Waals surface area contributed by atoms with E-state index in [1.807, 2.05) is 24.3 Å². The van der Waals surface area contributed by atoms with E-state index in [1.54, 1.807) is 55.5 Å². The van der Waals surface area contributed by atoms with Crippen molar-refractivity contribution in [3.8, 4) is 17.2 Å². The first-order chi connectivity index (χ1) is 17.5. The molecule has 0 radical (unpaired) electrons. The lowest BCUT2D eigenvalue weighted by atomic mass is 9.91. The minimum Gasteiger partial charge on any atom is -0.493 e. The van der Waals surface area contributed by atoms with Crippen LogP contribution in [0.4, 0.5) is 0 Å². The van der Waals surface area contributed by atoms with E-state index in [9.17, 15) is 9.59 Å². The van der Waals surface area contributed by atoms with Crippen molar-refractivity contribution < 1.29 is 23.4 Å². The molecule has 1 atom stereocenters. The lowest BCUT2D eigenvalue weighted by Gasteiger charge is -2.38. The Balaban J connectivity index is 1.57. The molecule has 1 amide bonds. The van der Waals surface area contributed by atoms with E-state index in [0.717, 1.165) is 11.1 Å². The summed E-state index contributed by atoms with van der Waals surface area (Å²) >= 11 is 6.37. The highest BCUT2D eigenvalue weighted by Gasteiger charge is 2.34. The van der Waals surface area contributed by atoms with Crippen LogP contribution in [0, 0.1) is 0 Å². The zero-order valence-corrected chi connectivity index (χ0v) is 20.6. The second kappa shape index (κ2) is 9.95. The van der Waals surface area contributed by atoms with Crippen molar-refractivity contribution in [2.75, 3.05) is 27.4 Å². The summed E-state index contributed by atoms with van der Waals surface area (Å²) in [7, 11) is 3.16. The fourth-order valence-corrected chi connectivity index (χ4v) is 4.83. The molecule has 2 heterocycles. The maximum absolute atomic E-state index is 13.7. The molecule has 4 aromatic rings. The molecule has 8 heteroatoms. The number of halogens is 1. The van der Waals surface area contributed by atoms with E-state index in [-0.39, 0.29) is 12.5 Å². The van der Waals surface area contributed by atoms with Gasteiger partial charge in [0.1, 0.15) is 17.9 Å². The van der Waals surface area contributed by atoms with Crippen LogP contribution in [0.5, 0.6) is 17.2 Å². The van der Waals surface area contributed by atoms with Crippen molar-refractivity contribution in [3.63, 3.8) is 0 Å². The lowest BCUT2D eigenvalue weighted by Crippen LogP contribution is -2.42. The van der Waals surface area contributed by atoms with Gasteiger partial charge in [0.2, 0.25) is 0 Å². The molecule has 0 saturated carbocycles. The average molecular weight is 506 g/mol. The smallest absolute Gasteiger partial charge is 0.339 e. The Morgan fingerprint density at radius 1 is 1.00 bits per heavy atom. The highest BCUT2D eigenvalue weighted by Crippen LogP contribution is 2.39. The highest BCUT2D eigenvalue weighted by atomic mass is 35.5. The molecule has 184 valence electrons. The Morgan fingerprint density at radius 3 is 2.50 bits per heavy atom. The van der Waals surface area contributed by atoms with Crippen LogP contribution in [0.25, 0.3) is 11.0 Å². The molecule has 7 nitrogen and oxygen atoms in total. The van der Waals surface area contributed by atoms with E-state index < -0.39 is 11.7 Å². The first kappa shape index (κ1) is 23.8. The quantitative estimate of drug-likeness (QED) is 0.332. The predicted molar refractivity (Wildman–Crippen MR) is 136 cm³/mol. The molecule has 1 aromatic heterocycles. The van der Waals surface area contributed by atoms with Crippen LogP contribution >= 0.6 is 11.6 Å². The van der Waals surface area contributed by atoms with Crippen LogP contribution in [0.3, 0.4) is 0 Å². The number of hydrogen-bond acceptors (Lipinski definition) is 6. The maximum Gasteiger partial charge on any atom is 0.339 e. The average Bonchev–Trinajstić information content (AvgIpc) is 2.90. The van der Waals surface area contributed by atoms with E-state index in [0.29, 0.717) is 51.8 Å². The van der Waals surface area contributed by atoms with Crippen LogP contribution in [0.15, 0.2) is 75.9 Å². The number of nitrogens with zero attached hydrogens (tertiary/aromatic N) is 1. The lowest BCUT2D eigenvalue weighted by molar-refractivity contribution is 0.0590. The summed E-state index contributed by atoms with van der Waals surface area (Å²) in [5.41, 5.74) is 2.25. The van der Waals surface area contributed by atoms with Crippen LogP contribution in [0.1, 0.15) is 27.5 Å². The summed E-state index contributed by atoms with van der Waals surface area (Å²) in [6.45, 7) is 0.560. The summed E-state index contributed by atoms with van der Waals surface area (Å²) in [5, 5.41) is 1.05. The number of para-hydroxylation sites is 1. The predicted octanol–water partition coefficient (Wildman–Crippen LogP) is 5.28. The number of ether oxygens (including phenoxy) is 3.